The predicted octanol–water partition coefficient (Wildman–Crippen LogP) is 3.45. The Labute approximate surface area is 70.7 Å². The monoisotopic (exact) mass is 151 g/mol. The van der Waals surface area contributed by atoms with Gasteiger partial charge in [0.1, 0.15) is 5.92 Å². The van der Waals surface area contributed by atoms with E-state index < -0.39 is 0 Å². The van der Waals surface area contributed by atoms with E-state index in [1.54, 1.807) is 0 Å². The number of allylic oxidation sites excluding steroid dienone is 2. The van der Waals surface area contributed by atoms with Gasteiger partial charge in [-0.15, -0.1) is 0 Å². The minimum atomic E-state index is 0.579. The molecular formula is C11H19+. The van der Waals surface area contributed by atoms with Crippen LogP contribution in [0.4, 0.5) is 0 Å². The maximum atomic E-state index is 4.03. The third kappa shape index (κ3) is 2.28. The molecular weight excluding hydrogens is 132 g/mol. The summed E-state index contributed by atoms with van der Waals surface area (Å²) in [6, 6.07) is 0. The molecule has 0 saturated heterocycles. The first-order chi connectivity index (χ1) is 5.24. The average molecular weight is 151 g/mol. The van der Waals surface area contributed by atoms with Crippen molar-refractivity contribution in [1.82, 2.24) is 0 Å². The van der Waals surface area contributed by atoms with Crippen molar-refractivity contribution in [2.75, 3.05) is 0 Å². The zero-order valence-corrected chi connectivity index (χ0v) is 7.72. The molecule has 0 spiro atoms. The second-order valence-corrected chi connectivity index (χ2v) is 3.77. The van der Waals surface area contributed by atoms with E-state index in [1.807, 2.05) is 0 Å². The Morgan fingerprint density at radius 2 is 2.18 bits per heavy atom. The first-order valence-electron chi connectivity index (χ1n) is 4.75. The predicted molar refractivity (Wildman–Crippen MR) is 50.2 cm³/mol. The smallest absolute Gasteiger partial charge is 0.0807 e. The number of hydrogen-bond donors (Lipinski definition) is 0. The number of hydrogen-bond acceptors (Lipinski definition) is 0. The number of rotatable bonds is 2. The SMILES string of the molecule is [CH2+]C1C=CC(C(C)CC)CC1. The van der Waals surface area contributed by atoms with Gasteiger partial charge in [-0.2, -0.15) is 0 Å². The highest BCUT2D eigenvalue weighted by Gasteiger charge is 2.19. The van der Waals surface area contributed by atoms with Crippen LogP contribution < -0.4 is 0 Å². The van der Waals surface area contributed by atoms with Crippen LogP contribution in [0.2, 0.25) is 0 Å². The molecule has 0 heterocycles. The zero-order valence-electron chi connectivity index (χ0n) is 7.72. The molecule has 0 fully saturated rings. The summed E-state index contributed by atoms with van der Waals surface area (Å²) in [5.74, 6) is 2.27. The van der Waals surface area contributed by atoms with Gasteiger partial charge in [-0.1, -0.05) is 26.3 Å². The van der Waals surface area contributed by atoms with Gasteiger partial charge in [-0.3, -0.25) is 0 Å². The van der Waals surface area contributed by atoms with E-state index in [0.717, 1.165) is 11.8 Å². The first-order valence-corrected chi connectivity index (χ1v) is 4.75. The molecule has 3 unspecified atom stereocenters. The van der Waals surface area contributed by atoms with Crippen LogP contribution >= 0.6 is 0 Å². The molecule has 0 aliphatic heterocycles. The van der Waals surface area contributed by atoms with Crippen molar-refractivity contribution >= 4 is 0 Å². The third-order valence-corrected chi connectivity index (χ3v) is 2.88. The molecule has 3 atom stereocenters. The van der Waals surface area contributed by atoms with Crippen LogP contribution in [0.25, 0.3) is 0 Å². The molecule has 0 saturated carbocycles. The molecule has 0 N–H and O–H groups in total. The van der Waals surface area contributed by atoms with Crippen molar-refractivity contribution in [2.24, 2.45) is 17.8 Å². The minimum Gasteiger partial charge on any atom is -0.0807 e. The van der Waals surface area contributed by atoms with Gasteiger partial charge in [0.25, 0.3) is 0 Å². The highest BCUT2D eigenvalue weighted by atomic mass is 14.2. The van der Waals surface area contributed by atoms with E-state index in [0.29, 0.717) is 5.92 Å². The van der Waals surface area contributed by atoms with E-state index in [4.69, 9.17) is 0 Å². The van der Waals surface area contributed by atoms with E-state index >= 15 is 0 Å². The third-order valence-electron chi connectivity index (χ3n) is 2.88. The van der Waals surface area contributed by atoms with Crippen LogP contribution in [0, 0.1) is 24.7 Å². The molecule has 62 valence electrons. The van der Waals surface area contributed by atoms with Crippen molar-refractivity contribution in [3.05, 3.63) is 19.1 Å². The zero-order chi connectivity index (χ0) is 8.27. The standard InChI is InChI=1S/C11H19/c1-4-10(3)11-7-5-9(2)6-8-11/h5,7,9-11H,2,4,6,8H2,1,3H3/q+1. The highest BCUT2D eigenvalue weighted by Crippen LogP contribution is 2.28. The Kier molecular flexibility index (Phi) is 3.04. The van der Waals surface area contributed by atoms with Crippen molar-refractivity contribution in [3.8, 4) is 0 Å². The molecule has 0 radical (unpaired) electrons. The summed E-state index contributed by atoms with van der Waals surface area (Å²) in [5.41, 5.74) is 0. The molecule has 1 aliphatic carbocycles. The van der Waals surface area contributed by atoms with Crippen LogP contribution in [-0.4, -0.2) is 0 Å². The van der Waals surface area contributed by atoms with E-state index in [2.05, 4.69) is 32.9 Å². The Bertz CT molecular complexity index is 135. The fourth-order valence-corrected chi connectivity index (χ4v) is 1.68. The quantitative estimate of drug-likeness (QED) is 0.419. The molecule has 11 heavy (non-hydrogen) atoms. The largest absolute Gasteiger partial charge is 0.113 e. The van der Waals surface area contributed by atoms with Crippen molar-refractivity contribution in [1.29, 1.82) is 0 Å². The van der Waals surface area contributed by atoms with Crippen LogP contribution in [-0.2, 0) is 0 Å². The molecule has 1 aliphatic rings. The summed E-state index contributed by atoms with van der Waals surface area (Å²) in [6.07, 6.45) is 8.58. The highest BCUT2D eigenvalue weighted by molar-refractivity contribution is 5.00. The maximum Gasteiger partial charge on any atom is 0.113 e. The normalized spacial score (nSPS) is 33.6. The summed E-state index contributed by atoms with van der Waals surface area (Å²) >= 11 is 0. The summed E-state index contributed by atoms with van der Waals surface area (Å²) in [5, 5.41) is 0. The Hall–Kier alpha value is -0.390. The van der Waals surface area contributed by atoms with Crippen LogP contribution in [0.3, 0.4) is 0 Å². The molecule has 0 bridgehead atoms. The van der Waals surface area contributed by atoms with Crippen LogP contribution in [0.5, 0.6) is 0 Å². The van der Waals surface area contributed by atoms with Crippen molar-refractivity contribution < 1.29 is 0 Å². The molecule has 0 amide bonds. The Balaban J connectivity index is 2.43. The second kappa shape index (κ2) is 3.85. The lowest BCUT2D eigenvalue weighted by Gasteiger charge is -2.22. The maximum absolute atomic E-state index is 4.03. The fourth-order valence-electron chi connectivity index (χ4n) is 1.68. The van der Waals surface area contributed by atoms with E-state index in [1.165, 1.54) is 19.3 Å². The van der Waals surface area contributed by atoms with Gasteiger partial charge in [0.2, 0.25) is 0 Å². The lowest BCUT2D eigenvalue weighted by atomic mass is 9.81. The topological polar surface area (TPSA) is 0 Å². The van der Waals surface area contributed by atoms with Gasteiger partial charge in [0.15, 0.2) is 0 Å². The first kappa shape index (κ1) is 8.70. The molecule has 0 heteroatoms. The fraction of sp³-hybridized carbons (Fsp3) is 0.727. The second-order valence-electron chi connectivity index (χ2n) is 3.77. The molecule has 0 aromatic heterocycles. The Morgan fingerprint density at radius 1 is 1.45 bits per heavy atom. The molecule has 0 aromatic rings. The minimum absolute atomic E-state index is 0.579. The van der Waals surface area contributed by atoms with Crippen molar-refractivity contribution in [3.63, 3.8) is 0 Å². The Morgan fingerprint density at radius 3 is 2.64 bits per heavy atom. The van der Waals surface area contributed by atoms with Gasteiger partial charge in [0, 0.05) is 0 Å². The summed E-state index contributed by atoms with van der Waals surface area (Å²) in [7, 11) is 0. The van der Waals surface area contributed by atoms with Crippen LogP contribution in [0.15, 0.2) is 12.2 Å². The van der Waals surface area contributed by atoms with Crippen molar-refractivity contribution in [2.45, 2.75) is 33.1 Å². The van der Waals surface area contributed by atoms with Gasteiger partial charge >= 0.3 is 0 Å². The average Bonchev–Trinajstić information content (AvgIpc) is 2.05. The lowest BCUT2D eigenvalue weighted by molar-refractivity contribution is 0.360. The van der Waals surface area contributed by atoms with E-state index in [9.17, 15) is 0 Å². The van der Waals surface area contributed by atoms with E-state index in [-0.39, 0.29) is 0 Å². The summed E-state index contributed by atoms with van der Waals surface area (Å²) in [4.78, 5) is 0. The summed E-state index contributed by atoms with van der Waals surface area (Å²) in [6.45, 7) is 8.65. The van der Waals surface area contributed by atoms with Gasteiger partial charge in [-0.25, -0.2) is 0 Å². The molecule has 0 aromatic carbocycles. The molecule has 0 nitrogen and oxygen atoms in total. The van der Waals surface area contributed by atoms with Gasteiger partial charge in [0.05, 0.1) is 6.92 Å². The van der Waals surface area contributed by atoms with Gasteiger partial charge < -0.3 is 0 Å². The van der Waals surface area contributed by atoms with Gasteiger partial charge in [-0.05, 0) is 30.8 Å². The lowest BCUT2D eigenvalue weighted by Crippen LogP contribution is -2.13. The molecule has 1 rings (SSSR count). The summed E-state index contributed by atoms with van der Waals surface area (Å²) < 4.78 is 0. The van der Waals surface area contributed by atoms with Crippen LogP contribution in [0.1, 0.15) is 33.1 Å².